The van der Waals surface area contributed by atoms with Crippen LogP contribution in [0.25, 0.3) is 10.9 Å². The first-order valence-corrected chi connectivity index (χ1v) is 16.7. The molecule has 252 valence electrons. The van der Waals surface area contributed by atoms with Crippen LogP contribution >= 0.6 is 24.0 Å². The molecule has 5 nitrogen and oxygen atoms in total. The van der Waals surface area contributed by atoms with Crippen LogP contribution in [0.4, 0.5) is 37.7 Å². The van der Waals surface area contributed by atoms with Crippen LogP contribution < -0.4 is 10.6 Å². The molecule has 4 heterocycles. The lowest BCUT2D eigenvalue weighted by molar-refractivity contribution is -0.143. The topological polar surface area (TPSA) is 60.4 Å². The zero-order valence-electron chi connectivity index (χ0n) is 25.5. The molecule has 0 amide bonds. The molecule has 0 saturated carbocycles. The van der Waals surface area contributed by atoms with E-state index in [-0.39, 0.29) is 23.0 Å². The molecule has 48 heavy (non-hydrogen) atoms. The second-order valence-corrected chi connectivity index (χ2v) is 13.6. The van der Waals surface area contributed by atoms with Gasteiger partial charge in [-0.25, -0.2) is 0 Å². The van der Waals surface area contributed by atoms with E-state index in [1.54, 1.807) is 24.4 Å². The maximum Gasteiger partial charge on any atom is 0.416 e. The summed E-state index contributed by atoms with van der Waals surface area (Å²) in [6.45, 7) is 5.70. The van der Waals surface area contributed by atoms with Gasteiger partial charge in [0.05, 0.1) is 22.3 Å². The molecule has 3 aromatic carbocycles. The number of para-hydroxylation sites is 2. The largest absolute Gasteiger partial charge is 0.416 e. The molecule has 4 aromatic rings. The van der Waals surface area contributed by atoms with Crippen molar-refractivity contribution in [3.8, 4) is 0 Å². The Kier molecular flexibility index (Phi) is 9.51. The van der Waals surface area contributed by atoms with Gasteiger partial charge in [0, 0.05) is 40.5 Å². The maximum atomic E-state index is 13.4. The first-order chi connectivity index (χ1) is 22.8. The van der Waals surface area contributed by atoms with Crippen molar-refractivity contribution < 1.29 is 31.4 Å². The Morgan fingerprint density at radius 2 is 1.67 bits per heavy atom. The molecule has 1 unspecified atom stereocenters. The van der Waals surface area contributed by atoms with E-state index in [0.29, 0.717) is 34.6 Å². The minimum Gasteiger partial charge on any atom is -0.383 e. The number of aromatic nitrogens is 1. The highest BCUT2D eigenvalue weighted by molar-refractivity contribution is 7.99. The molecule has 5 atom stereocenters. The molecular weight excluding hydrogens is 671 g/mol. The van der Waals surface area contributed by atoms with Crippen LogP contribution in [-0.4, -0.2) is 45.0 Å². The summed E-state index contributed by atoms with van der Waals surface area (Å²) in [5.74, 6) is 0.992. The third-order valence-corrected chi connectivity index (χ3v) is 10.7. The average Bonchev–Trinajstić information content (AvgIpc) is 3.06. The van der Waals surface area contributed by atoms with Crippen LogP contribution in [0.1, 0.15) is 29.5 Å². The van der Waals surface area contributed by atoms with E-state index in [4.69, 9.17) is 12.2 Å². The van der Waals surface area contributed by atoms with E-state index < -0.39 is 34.8 Å². The normalized spacial score (nSPS) is 22.2. The predicted molar refractivity (Wildman–Crippen MR) is 181 cm³/mol. The van der Waals surface area contributed by atoms with Crippen LogP contribution in [0.3, 0.4) is 0 Å². The predicted octanol–water partition coefficient (Wildman–Crippen LogP) is 8.96. The lowest BCUT2D eigenvalue weighted by Gasteiger charge is -2.54. The van der Waals surface area contributed by atoms with Gasteiger partial charge in [0.25, 0.3) is 0 Å². The van der Waals surface area contributed by atoms with Crippen molar-refractivity contribution >= 4 is 51.4 Å². The van der Waals surface area contributed by atoms with Gasteiger partial charge in [-0.05, 0) is 91.5 Å². The summed E-state index contributed by atoms with van der Waals surface area (Å²) in [6, 6.07) is 17.6. The number of aliphatic hydroxyl groups is 1. The number of pyridine rings is 1. The zero-order valence-corrected chi connectivity index (χ0v) is 27.1. The highest BCUT2D eigenvalue weighted by Gasteiger charge is 2.50. The van der Waals surface area contributed by atoms with E-state index in [1.807, 2.05) is 42.5 Å². The molecule has 3 N–H and O–H groups in total. The Hall–Kier alpha value is -3.65. The lowest BCUT2D eigenvalue weighted by atomic mass is 9.70. The third-order valence-electron chi connectivity index (χ3n) is 9.20. The minimum absolute atomic E-state index is 0.0625. The fourth-order valence-corrected chi connectivity index (χ4v) is 8.26. The van der Waals surface area contributed by atoms with E-state index in [0.717, 1.165) is 42.4 Å². The fourth-order valence-electron chi connectivity index (χ4n) is 6.85. The smallest absolute Gasteiger partial charge is 0.383 e. The maximum absolute atomic E-state index is 13.4. The fraction of sp³-hybridized carbons (Fsp3) is 0.314. The molecule has 1 aromatic heterocycles. The van der Waals surface area contributed by atoms with Crippen LogP contribution in [0.2, 0.25) is 0 Å². The van der Waals surface area contributed by atoms with Crippen molar-refractivity contribution in [1.82, 2.24) is 9.88 Å². The summed E-state index contributed by atoms with van der Waals surface area (Å²) in [4.78, 5) is 7.53. The average molecular weight is 703 g/mol. The Labute approximate surface area is 283 Å². The number of alkyl halides is 6. The minimum atomic E-state index is -4.99. The molecule has 3 fully saturated rings. The van der Waals surface area contributed by atoms with Crippen LogP contribution in [0, 0.1) is 11.8 Å². The monoisotopic (exact) mass is 702 g/mol. The second-order valence-electron chi connectivity index (χ2n) is 12.2. The van der Waals surface area contributed by atoms with Crippen LogP contribution in [0.15, 0.2) is 96.5 Å². The first kappa shape index (κ1) is 34.2. The van der Waals surface area contributed by atoms with E-state index in [9.17, 15) is 31.4 Å². The van der Waals surface area contributed by atoms with Crippen molar-refractivity contribution in [3.05, 3.63) is 108 Å². The van der Waals surface area contributed by atoms with Crippen molar-refractivity contribution in [1.29, 1.82) is 0 Å². The summed E-state index contributed by atoms with van der Waals surface area (Å²) in [7, 11) is 0. The van der Waals surface area contributed by atoms with E-state index in [2.05, 4.69) is 27.1 Å². The summed E-state index contributed by atoms with van der Waals surface area (Å²) in [5, 5.41) is 18.9. The number of fused-ring (bicyclic) bond motifs is 4. The number of hydrogen-bond donors (Lipinski definition) is 3. The van der Waals surface area contributed by atoms with Crippen LogP contribution in [-0.2, 0) is 18.0 Å². The van der Waals surface area contributed by atoms with Gasteiger partial charge in [-0.15, -0.1) is 18.3 Å². The summed E-state index contributed by atoms with van der Waals surface area (Å²) < 4.78 is 80.4. The Bertz CT molecular complexity index is 1800. The Morgan fingerprint density at radius 1 is 0.979 bits per heavy atom. The molecule has 13 heteroatoms. The summed E-state index contributed by atoms with van der Waals surface area (Å²) in [5.41, 5.74) is -2.67. The number of thioether (sulfide) groups is 1. The quantitative estimate of drug-likeness (QED) is 0.0734. The van der Waals surface area contributed by atoms with Gasteiger partial charge < -0.3 is 15.7 Å². The second kappa shape index (κ2) is 13.3. The van der Waals surface area contributed by atoms with Gasteiger partial charge in [-0.3, -0.25) is 9.88 Å². The zero-order chi connectivity index (χ0) is 34.3. The number of piperidine rings is 3. The van der Waals surface area contributed by atoms with Gasteiger partial charge in [0.15, 0.2) is 5.11 Å². The number of hydrogen-bond acceptors (Lipinski definition) is 5. The number of nitrogens with zero attached hydrogens (tertiary/aromatic N) is 2. The van der Waals surface area contributed by atoms with Crippen molar-refractivity contribution in [2.75, 3.05) is 29.5 Å². The number of halogens is 6. The summed E-state index contributed by atoms with van der Waals surface area (Å²) >= 11 is 6.71. The number of nitrogens with one attached hydrogen (secondary N) is 2. The van der Waals surface area contributed by atoms with Gasteiger partial charge >= 0.3 is 12.4 Å². The molecule has 0 aliphatic carbocycles. The van der Waals surface area contributed by atoms with E-state index in [1.165, 1.54) is 11.8 Å². The van der Waals surface area contributed by atoms with Gasteiger partial charge in [0.1, 0.15) is 5.60 Å². The first-order valence-electron chi connectivity index (χ1n) is 15.3. The molecule has 2 bridgehead atoms. The highest BCUT2D eigenvalue weighted by atomic mass is 32.2. The number of rotatable bonds is 8. The summed E-state index contributed by atoms with van der Waals surface area (Å²) in [6.07, 6.45) is -4.46. The van der Waals surface area contributed by atoms with Gasteiger partial charge in [0.2, 0.25) is 0 Å². The highest BCUT2D eigenvalue weighted by Crippen LogP contribution is 2.47. The van der Waals surface area contributed by atoms with Gasteiger partial charge in [-0.1, -0.05) is 36.4 Å². The molecule has 3 aliphatic heterocycles. The molecule has 3 aliphatic rings. The molecular formula is C35H32F6N4OS2. The third kappa shape index (κ3) is 7.05. The lowest BCUT2D eigenvalue weighted by Crippen LogP contribution is -2.61. The SMILES string of the molecule is C=C[C@H]1CN2CC[C@H]1C[C@@H]2[C@@](O)(CSc1ccccc1NC(=S)Nc1cc(C(F)(F)F)cc(C(F)(F)F)c1)c1ccnc2ccccc12. The van der Waals surface area contributed by atoms with Crippen molar-refractivity contribution in [3.63, 3.8) is 0 Å². The van der Waals surface area contributed by atoms with Gasteiger partial charge in [-0.2, -0.15) is 26.3 Å². The number of thiocarbonyl (C=S) groups is 1. The standard InChI is InChI=1S/C35H32F6N4OS2/c1-2-21-19-45-14-12-22(21)15-31(45)33(46,27-11-13-42-28-8-4-3-7-26(27)28)20-48-30-10-6-5-9-29(30)44-32(47)43-25-17-23(34(36,37)38)16-24(18-25)35(39,40)41/h2-11,13,16-18,21-22,31,46H,1,12,14-15,19-20H2,(H2,43,44,47)/t21-,22-,31+,33+/m0/s1. The van der Waals surface area contributed by atoms with E-state index >= 15 is 0 Å². The Morgan fingerprint density at radius 3 is 2.33 bits per heavy atom. The number of benzene rings is 3. The molecule has 3 saturated heterocycles. The van der Waals surface area contributed by atoms with Crippen molar-refractivity contribution in [2.45, 2.75) is 41.7 Å². The number of anilines is 2. The molecule has 0 spiro atoms. The van der Waals surface area contributed by atoms with Crippen LogP contribution in [0.5, 0.6) is 0 Å². The van der Waals surface area contributed by atoms with Crippen molar-refractivity contribution in [2.24, 2.45) is 11.8 Å². The molecule has 0 radical (unpaired) electrons. The Balaban J connectivity index is 1.27. The molecule has 7 rings (SSSR count).